The summed E-state index contributed by atoms with van der Waals surface area (Å²) in [5.41, 5.74) is 0.179. The molecule has 1 heterocycles. The molecule has 1 rings (SSSR count). The molecule has 1 aliphatic rings. The first-order valence-corrected chi connectivity index (χ1v) is 11.1. The Hall–Kier alpha value is -0.880. The summed E-state index contributed by atoms with van der Waals surface area (Å²) in [6.45, 7) is 2.21. The Kier molecular flexibility index (Phi) is 9.59. The molecule has 2 unspecified atom stereocenters. The van der Waals surface area contributed by atoms with E-state index in [9.17, 15) is 18.3 Å². The summed E-state index contributed by atoms with van der Waals surface area (Å²) in [7, 11) is -3.38. The summed E-state index contributed by atoms with van der Waals surface area (Å²) in [6.07, 6.45) is 13.0. The van der Waals surface area contributed by atoms with Crippen LogP contribution in [0.15, 0.2) is 11.6 Å². The Balaban J connectivity index is 2.25. The van der Waals surface area contributed by atoms with Crippen molar-refractivity contribution in [2.45, 2.75) is 89.1 Å². The minimum Gasteiger partial charge on any atom is -0.429 e. The van der Waals surface area contributed by atoms with E-state index >= 15 is 0 Å². The van der Waals surface area contributed by atoms with Crippen LogP contribution in [0.3, 0.4) is 0 Å². The lowest BCUT2D eigenvalue weighted by Gasteiger charge is -2.18. The highest BCUT2D eigenvalue weighted by molar-refractivity contribution is 7.91. The number of aliphatic hydroxyl groups excluding tert-OH is 1. The largest absolute Gasteiger partial charge is 0.429 e. The van der Waals surface area contributed by atoms with Crippen molar-refractivity contribution in [3.05, 3.63) is 11.6 Å². The van der Waals surface area contributed by atoms with E-state index in [1.54, 1.807) is 0 Å². The number of aliphatic hydroxyl groups is 1. The topological polar surface area (TPSA) is 80.7 Å². The molecule has 6 heteroatoms. The first-order valence-electron chi connectivity index (χ1n) is 9.15. The molecule has 0 aromatic heterocycles. The minimum absolute atomic E-state index is 0.179. The van der Waals surface area contributed by atoms with Crippen molar-refractivity contribution in [1.82, 2.24) is 0 Å². The normalized spacial score (nSPS) is 19.2. The van der Waals surface area contributed by atoms with E-state index in [2.05, 4.69) is 11.7 Å². The molecule has 0 saturated carbocycles. The van der Waals surface area contributed by atoms with Gasteiger partial charge in [0, 0.05) is 17.9 Å². The van der Waals surface area contributed by atoms with Gasteiger partial charge in [-0.1, -0.05) is 71.1 Å². The molecule has 2 atom stereocenters. The van der Waals surface area contributed by atoms with Crippen molar-refractivity contribution < 1.29 is 23.1 Å². The molecule has 24 heavy (non-hydrogen) atoms. The van der Waals surface area contributed by atoms with Gasteiger partial charge in [0.2, 0.25) is 6.29 Å². The zero-order valence-corrected chi connectivity index (χ0v) is 15.8. The van der Waals surface area contributed by atoms with Gasteiger partial charge in [-0.25, -0.2) is 13.2 Å². The van der Waals surface area contributed by atoms with Crippen molar-refractivity contribution in [3.63, 3.8) is 0 Å². The Morgan fingerprint density at radius 2 is 1.54 bits per heavy atom. The van der Waals surface area contributed by atoms with E-state index in [-0.39, 0.29) is 5.57 Å². The zero-order chi connectivity index (χ0) is 18.0. The van der Waals surface area contributed by atoms with Crippen molar-refractivity contribution in [2.24, 2.45) is 0 Å². The summed E-state index contributed by atoms with van der Waals surface area (Å²) < 4.78 is 28.5. The highest BCUT2D eigenvalue weighted by atomic mass is 32.2. The molecular formula is C18H32O5S. The van der Waals surface area contributed by atoms with Crippen LogP contribution in [-0.4, -0.2) is 37.3 Å². The van der Waals surface area contributed by atoms with Gasteiger partial charge in [-0.15, -0.1) is 0 Å². The maximum Gasteiger partial charge on any atom is 0.333 e. The average Bonchev–Trinajstić information content (AvgIpc) is 2.82. The Morgan fingerprint density at radius 1 is 1.04 bits per heavy atom. The van der Waals surface area contributed by atoms with Gasteiger partial charge in [0.1, 0.15) is 0 Å². The smallest absolute Gasteiger partial charge is 0.333 e. The number of hydrogen-bond donors (Lipinski definition) is 1. The van der Waals surface area contributed by atoms with E-state index in [1.165, 1.54) is 44.9 Å². The number of cyclic esters (lactones) is 1. The molecule has 5 nitrogen and oxygen atoms in total. The molecular weight excluding hydrogens is 328 g/mol. The molecule has 140 valence electrons. The first kappa shape index (κ1) is 21.2. The van der Waals surface area contributed by atoms with Gasteiger partial charge in [-0.3, -0.25) is 0 Å². The van der Waals surface area contributed by atoms with Crippen LogP contribution in [0.25, 0.3) is 0 Å². The maximum absolute atomic E-state index is 11.9. The van der Waals surface area contributed by atoms with Crippen molar-refractivity contribution in [3.8, 4) is 0 Å². The van der Waals surface area contributed by atoms with Crippen molar-refractivity contribution >= 4 is 15.8 Å². The van der Waals surface area contributed by atoms with E-state index in [4.69, 9.17) is 0 Å². The van der Waals surface area contributed by atoms with Crippen LogP contribution in [-0.2, 0) is 19.4 Å². The predicted molar refractivity (Wildman–Crippen MR) is 95.3 cm³/mol. The fourth-order valence-electron chi connectivity index (χ4n) is 3.12. The van der Waals surface area contributed by atoms with Crippen LogP contribution < -0.4 is 0 Å². The SMILES string of the molecule is CCCCCCCCCCCCC(C1=CC(=O)OC1O)S(C)(=O)=O. The molecule has 0 spiro atoms. The summed E-state index contributed by atoms with van der Waals surface area (Å²) in [6, 6.07) is 0. The maximum atomic E-state index is 11.9. The van der Waals surface area contributed by atoms with E-state index in [1.807, 2.05) is 0 Å². The van der Waals surface area contributed by atoms with Crippen LogP contribution in [0, 0.1) is 0 Å². The molecule has 0 fully saturated rings. The number of hydrogen-bond acceptors (Lipinski definition) is 5. The second-order valence-electron chi connectivity index (χ2n) is 6.72. The number of esters is 1. The van der Waals surface area contributed by atoms with Crippen LogP contribution in [0.5, 0.6) is 0 Å². The third kappa shape index (κ3) is 7.79. The zero-order valence-electron chi connectivity index (χ0n) is 15.0. The third-order valence-electron chi connectivity index (χ3n) is 4.51. The molecule has 0 saturated heterocycles. The molecule has 1 aliphatic heterocycles. The molecule has 0 aliphatic carbocycles. The summed E-state index contributed by atoms with van der Waals surface area (Å²) in [5.74, 6) is -0.672. The standard InChI is InChI=1S/C18H32O5S/c1-3-4-5-6-7-8-9-10-11-12-13-16(24(2,21)22)15-14-17(19)23-18(15)20/h14,16,18,20H,3-13H2,1-2H3. The quantitative estimate of drug-likeness (QED) is 0.401. The van der Waals surface area contributed by atoms with Gasteiger partial charge < -0.3 is 9.84 Å². The molecule has 0 amide bonds. The van der Waals surface area contributed by atoms with Gasteiger partial charge in [0.05, 0.1) is 5.25 Å². The Labute approximate surface area is 146 Å². The van der Waals surface area contributed by atoms with Gasteiger partial charge in [0.15, 0.2) is 9.84 Å². The lowest BCUT2D eigenvalue weighted by molar-refractivity contribution is -0.151. The summed E-state index contributed by atoms with van der Waals surface area (Å²) >= 11 is 0. The monoisotopic (exact) mass is 360 g/mol. The van der Waals surface area contributed by atoms with Crippen molar-refractivity contribution in [2.75, 3.05) is 6.26 Å². The first-order chi connectivity index (χ1) is 11.4. The minimum atomic E-state index is -3.38. The van der Waals surface area contributed by atoms with Crippen molar-refractivity contribution in [1.29, 1.82) is 0 Å². The number of rotatable bonds is 13. The van der Waals surface area contributed by atoms with Gasteiger partial charge in [-0.05, 0) is 6.42 Å². The second-order valence-corrected chi connectivity index (χ2v) is 8.95. The molecule has 0 aromatic carbocycles. The number of unbranched alkanes of at least 4 members (excludes halogenated alkanes) is 9. The Morgan fingerprint density at radius 3 is 1.96 bits per heavy atom. The van der Waals surface area contributed by atoms with Crippen LogP contribution in [0.4, 0.5) is 0 Å². The fourth-order valence-corrected chi connectivity index (χ4v) is 4.39. The second kappa shape index (κ2) is 10.9. The average molecular weight is 361 g/mol. The summed E-state index contributed by atoms with van der Waals surface area (Å²) in [4.78, 5) is 11.2. The molecule has 0 radical (unpaired) electrons. The van der Waals surface area contributed by atoms with Gasteiger partial charge in [0.25, 0.3) is 0 Å². The summed E-state index contributed by atoms with van der Waals surface area (Å²) in [5, 5.41) is 8.85. The lowest BCUT2D eigenvalue weighted by atomic mass is 10.0. The van der Waals surface area contributed by atoms with E-state index < -0.39 is 27.3 Å². The van der Waals surface area contributed by atoms with Crippen LogP contribution in [0.1, 0.15) is 77.6 Å². The highest BCUT2D eigenvalue weighted by Crippen LogP contribution is 2.26. The van der Waals surface area contributed by atoms with E-state index in [0.29, 0.717) is 6.42 Å². The number of sulfone groups is 1. The van der Waals surface area contributed by atoms with Crippen LogP contribution in [0.2, 0.25) is 0 Å². The predicted octanol–water partition coefficient (Wildman–Crippen LogP) is 3.51. The third-order valence-corrected chi connectivity index (χ3v) is 6.05. The van der Waals surface area contributed by atoms with Crippen LogP contribution >= 0.6 is 0 Å². The van der Waals surface area contributed by atoms with Gasteiger partial charge in [-0.2, -0.15) is 0 Å². The number of ether oxygens (including phenoxy) is 1. The highest BCUT2D eigenvalue weighted by Gasteiger charge is 2.35. The Bertz CT molecular complexity index is 510. The molecule has 0 bridgehead atoms. The lowest BCUT2D eigenvalue weighted by Crippen LogP contribution is -2.28. The molecule has 1 N–H and O–H groups in total. The fraction of sp³-hybridized carbons (Fsp3) is 0.833. The van der Waals surface area contributed by atoms with E-state index in [0.717, 1.165) is 31.6 Å². The number of carbonyl (C=O) groups excluding carboxylic acids is 1. The van der Waals surface area contributed by atoms with Gasteiger partial charge >= 0.3 is 5.97 Å². The number of carbonyl (C=O) groups is 1. The molecule has 0 aromatic rings.